The standard InChI is InChI=1S/C10H9BrF3NO.ClH/c1-2-7(15)8-5(10(12,13)14)3-4-6(11)9(8)16;/h2-4,7,16H,1,15H2;1H/t7-;/m1./s1. The van der Waals surface area contributed by atoms with Gasteiger partial charge in [-0.15, -0.1) is 19.0 Å². The highest BCUT2D eigenvalue weighted by atomic mass is 79.9. The normalized spacial score (nSPS) is 12.8. The molecule has 0 fully saturated rings. The van der Waals surface area contributed by atoms with E-state index >= 15 is 0 Å². The molecule has 0 amide bonds. The van der Waals surface area contributed by atoms with E-state index in [1.807, 2.05) is 0 Å². The van der Waals surface area contributed by atoms with Crippen LogP contribution in [0.1, 0.15) is 17.2 Å². The summed E-state index contributed by atoms with van der Waals surface area (Å²) in [6.07, 6.45) is -3.43. The molecule has 0 spiro atoms. The van der Waals surface area contributed by atoms with Crippen LogP contribution in [0.3, 0.4) is 0 Å². The molecular weight excluding hydrogens is 322 g/mol. The van der Waals surface area contributed by atoms with Crippen molar-refractivity contribution in [3.8, 4) is 5.75 Å². The van der Waals surface area contributed by atoms with Gasteiger partial charge in [-0.25, -0.2) is 0 Å². The molecule has 0 aliphatic heterocycles. The number of hydrogen-bond donors (Lipinski definition) is 2. The highest BCUT2D eigenvalue weighted by Crippen LogP contribution is 2.41. The predicted molar refractivity (Wildman–Crippen MR) is 65.2 cm³/mol. The van der Waals surface area contributed by atoms with Crippen molar-refractivity contribution in [2.45, 2.75) is 12.2 Å². The fourth-order valence-corrected chi connectivity index (χ4v) is 1.63. The van der Waals surface area contributed by atoms with Crippen LogP contribution in [0.2, 0.25) is 0 Å². The molecule has 0 heterocycles. The maximum Gasteiger partial charge on any atom is 0.416 e. The highest BCUT2D eigenvalue weighted by Gasteiger charge is 2.36. The lowest BCUT2D eigenvalue weighted by Crippen LogP contribution is -2.16. The van der Waals surface area contributed by atoms with E-state index < -0.39 is 23.5 Å². The largest absolute Gasteiger partial charge is 0.506 e. The van der Waals surface area contributed by atoms with Gasteiger partial charge in [0.25, 0.3) is 0 Å². The fourth-order valence-electron chi connectivity index (χ4n) is 1.28. The van der Waals surface area contributed by atoms with E-state index in [0.717, 1.165) is 18.2 Å². The van der Waals surface area contributed by atoms with Crippen LogP contribution in [0.5, 0.6) is 5.75 Å². The molecule has 0 saturated carbocycles. The minimum atomic E-state index is -4.56. The summed E-state index contributed by atoms with van der Waals surface area (Å²) in [7, 11) is 0. The summed E-state index contributed by atoms with van der Waals surface area (Å²) in [6, 6.07) is 0.911. The van der Waals surface area contributed by atoms with Crippen LogP contribution >= 0.6 is 28.3 Å². The second-order valence-electron chi connectivity index (χ2n) is 3.12. The first-order valence-electron chi connectivity index (χ1n) is 4.25. The Morgan fingerprint density at radius 3 is 2.35 bits per heavy atom. The quantitative estimate of drug-likeness (QED) is 0.810. The smallest absolute Gasteiger partial charge is 0.416 e. The summed E-state index contributed by atoms with van der Waals surface area (Å²) in [5, 5.41) is 9.57. The van der Waals surface area contributed by atoms with Crippen LogP contribution in [0.15, 0.2) is 29.3 Å². The number of nitrogens with two attached hydrogens (primary N) is 1. The number of hydrogen-bond acceptors (Lipinski definition) is 2. The highest BCUT2D eigenvalue weighted by molar-refractivity contribution is 9.10. The lowest BCUT2D eigenvalue weighted by Gasteiger charge is -2.18. The predicted octanol–water partition coefficient (Wildman–Crippen LogP) is 3.78. The van der Waals surface area contributed by atoms with Crippen molar-refractivity contribution in [2.24, 2.45) is 5.73 Å². The molecule has 0 bridgehead atoms. The Labute approximate surface area is 111 Å². The van der Waals surface area contributed by atoms with E-state index in [0.29, 0.717) is 0 Å². The number of phenolic OH excluding ortho intramolecular Hbond substituents is 1. The zero-order valence-electron chi connectivity index (χ0n) is 8.46. The van der Waals surface area contributed by atoms with Crippen LogP contribution < -0.4 is 5.73 Å². The number of alkyl halides is 3. The topological polar surface area (TPSA) is 46.2 Å². The van der Waals surface area contributed by atoms with Crippen molar-refractivity contribution >= 4 is 28.3 Å². The van der Waals surface area contributed by atoms with Crippen LogP contribution in [0, 0.1) is 0 Å². The van der Waals surface area contributed by atoms with Crippen molar-refractivity contribution in [3.05, 3.63) is 40.4 Å². The molecule has 1 aromatic rings. The Bertz CT molecular complexity index is 423. The van der Waals surface area contributed by atoms with Crippen molar-refractivity contribution in [3.63, 3.8) is 0 Å². The molecule has 1 aromatic carbocycles. The van der Waals surface area contributed by atoms with E-state index in [1.54, 1.807) is 0 Å². The van der Waals surface area contributed by atoms with Gasteiger partial charge in [0.2, 0.25) is 0 Å². The van der Waals surface area contributed by atoms with Crippen molar-refractivity contribution in [1.29, 1.82) is 0 Å². The van der Waals surface area contributed by atoms with Gasteiger partial charge in [-0.2, -0.15) is 13.2 Å². The molecule has 17 heavy (non-hydrogen) atoms. The first-order valence-corrected chi connectivity index (χ1v) is 5.05. The van der Waals surface area contributed by atoms with Crippen molar-refractivity contribution in [2.75, 3.05) is 0 Å². The van der Waals surface area contributed by atoms with Gasteiger partial charge < -0.3 is 10.8 Å². The summed E-state index contributed by atoms with van der Waals surface area (Å²) in [5.74, 6) is -0.512. The summed E-state index contributed by atoms with van der Waals surface area (Å²) < 4.78 is 38.1. The first-order chi connectivity index (χ1) is 7.29. The van der Waals surface area contributed by atoms with Crippen LogP contribution in [-0.2, 0) is 6.18 Å². The third kappa shape index (κ3) is 3.37. The number of rotatable bonds is 2. The average Bonchev–Trinajstić information content (AvgIpc) is 2.19. The number of aromatic hydroxyl groups is 1. The van der Waals surface area contributed by atoms with Gasteiger partial charge in [-0.05, 0) is 28.1 Å². The SMILES string of the molecule is C=C[C@@H](N)c1c(C(F)(F)F)ccc(Br)c1O.Cl. The average molecular weight is 333 g/mol. The molecule has 7 heteroatoms. The van der Waals surface area contributed by atoms with Gasteiger partial charge in [0.1, 0.15) is 5.75 Å². The second kappa shape index (κ2) is 5.75. The number of halogens is 5. The molecular formula is C10H10BrClF3NO. The second-order valence-corrected chi connectivity index (χ2v) is 3.97. The lowest BCUT2D eigenvalue weighted by atomic mass is 9.99. The summed E-state index contributed by atoms with van der Waals surface area (Å²) in [4.78, 5) is 0. The molecule has 0 aliphatic carbocycles. The van der Waals surface area contributed by atoms with Crippen LogP contribution in [0.4, 0.5) is 13.2 Å². The fraction of sp³-hybridized carbons (Fsp3) is 0.200. The van der Waals surface area contributed by atoms with Gasteiger partial charge in [0, 0.05) is 5.56 Å². The minimum Gasteiger partial charge on any atom is -0.506 e. The lowest BCUT2D eigenvalue weighted by molar-refractivity contribution is -0.138. The van der Waals surface area contributed by atoms with Crippen LogP contribution in [-0.4, -0.2) is 5.11 Å². The molecule has 3 N–H and O–H groups in total. The maximum absolute atomic E-state index is 12.6. The summed E-state index contributed by atoms with van der Waals surface area (Å²) in [5.41, 5.74) is 4.13. The third-order valence-electron chi connectivity index (χ3n) is 2.06. The molecule has 96 valence electrons. The van der Waals surface area contributed by atoms with Gasteiger partial charge in [0.05, 0.1) is 16.1 Å². The van der Waals surface area contributed by atoms with E-state index in [9.17, 15) is 18.3 Å². The monoisotopic (exact) mass is 331 g/mol. The Hall–Kier alpha value is -0.720. The van der Waals surface area contributed by atoms with E-state index in [2.05, 4.69) is 22.5 Å². The molecule has 1 atom stereocenters. The zero-order chi connectivity index (χ0) is 12.5. The van der Waals surface area contributed by atoms with E-state index in [-0.39, 0.29) is 22.4 Å². The molecule has 0 radical (unpaired) electrons. The zero-order valence-corrected chi connectivity index (χ0v) is 10.9. The van der Waals surface area contributed by atoms with Crippen molar-refractivity contribution < 1.29 is 18.3 Å². The van der Waals surface area contributed by atoms with Gasteiger partial charge >= 0.3 is 6.18 Å². The summed E-state index contributed by atoms with van der Waals surface area (Å²) >= 11 is 2.94. The van der Waals surface area contributed by atoms with Gasteiger partial charge in [-0.3, -0.25) is 0 Å². The molecule has 0 aliphatic rings. The van der Waals surface area contributed by atoms with Crippen LogP contribution in [0.25, 0.3) is 0 Å². The molecule has 0 aromatic heterocycles. The molecule has 2 nitrogen and oxygen atoms in total. The van der Waals surface area contributed by atoms with E-state index in [1.165, 1.54) is 0 Å². The summed E-state index contributed by atoms with van der Waals surface area (Å²) in [6.45, 7) is 3.31. The Balaban J connectivity index is 0.00000256. The number of benzene rings is 1. The van der Waals surface area contributed by atoms with E-state index in [4.69, 9.17) is 5.73 Å². The minimum absolute atomic E-state index is 0. The molecule has 0 unspecified atom stereocenters. The first kappa shape index (κ1) is 16.3. The molecule has 0 saturated heterocycles. The Morgan fingerprint density at radius 1 is 1.41 bits per heavy atom. The maximum atomic E-state index is 12.6. The van der Waals surface area contributed by atoms with Gasteiger partial charge in [0.15, 0.2) is 0 Å². The Kier molecular flexibility index (Phi) is 5.51. The third-order valence-corrected chi connectivity index (χ3v) is 2.70. The Morgan fingerprint density at radius 2 is 1.94 bits per heavy atom. The van der Waals surface area contributed by atoms with Gasteiger partial charge in [-0.1, -0.05) is 6.08 Å². The van der Waals surface area contributed by atoms with Crippen molar-refractivity contribution in [1.82, 2.24) is 0 Å². The number of phenols is 1. The molecule has 1 rings (SSSR count).